The number of carbonyl (C=O) groups is 1. The van der Waals surface area contributed by atoms with E-state index in [-0.39, 0.29) is 35.0 Å². The van der Waals surface area contributed by atoms with Gasteiger partial charge in [-0.25, -0.2) is 0 Å². The molecule has 0 unspecified atom stereocenters. The topological polar surface area (TPSA) is 91.9 Å². The van der Waals surface area contributed by atoms with Gasteiger partial charge in [0.25, 0.3) is 0 Å². The van der Waals surface area contributed by atoms with E-state index in [4.69, 9.17) is 5.11 Å². The van der Waals surface area contributed by atoms with E-state index in [2.05, 4.69) is 0 Å². The maximum Gasteiger partial charge on any atom is 1.00 e. The summed E-state index contributed by atoms with van der Waals surface area (Å²) in [7, 11) is 0. The van der Waals surface area contributed by atoms with Gasteiger partial charge in [-0.15, -0.1) is 0 Å². The average molecular weight is 130 g/mol. The summed E-state index contributed by atoms with van der Waals surface area (Å²) in [6.45, 7) is 1.13. The molecule has 0 heterocycles. The molecule has 0 aromatic heterocycles. The quantitative estimate of drug-likeness (QED) is 0.358. The number of carboxylic acid groups (broad SMARTS) is 1. The molecular formula is C3H7NaO4. The number of hydrogen-bond donors (Lipinski definition) is 1. The molecule has 44 valence electrons. The molecule has 0 aliphatic carbocycles. The molecule has 1 atom stereocenters. The van der Waals surface area contributed by atoms with Gasteiger partial charge in [0.2, 0.25) is 0 Å². The average Bonchev–Trinajstić information content (AvgIpc) is 1.36. The van der Waals surface area contributed by atoms with Gasteiger partial charge in [0.15, 0.2) is 0 Å². The van der Waals surface area contributed by atoms with E-state index >= 15 is 0 Å². The molecule has 4 nitrogen and oxygen atoms in total. The van der Waals surface area contributed by atoms with E-state index in [0.29, 0.717) is 0 Å². The molecular weight excluding hydrogens is 123 g/mol. The smallest absolute Gasteiger partial charge is 0.547 e. The van der Waals surface area contributed by atoms with E-state index in [1.165, 1.54) is 0 Å². The molecule has 0 aromatic carbocycles. The summed E-state index contributed by atoms with van der Waals surface area (Å²) in [5.74, 6) is -1.44. The van der Waals surface area contributed by atoms with Crippen LogP contribution < -0.4 is 34.7 Å². The zero-order valence-electron chi connectivity index (χ0n) is 4.84. The molecule has 0 aliphatic rings. The first-order valence-electron chi connectivity index (χ1n) is 1.53. The Morgan fingerprint density at radius 3 is 1.88 bits per heavy atom. The Bertz CT molecular complexity index is 62.3. The van der Waals surface area contributed by atoms with Crippen LogP contribution >= 0.6 is 0 Å². The van der Waals surface area contributed by atoms with Crippen LogP contribution in [-0.4, -0.2) is 22.7 Å². The summed E-state index contributed by atoms with van der Waals surface area (Å²) in [4.78, 5) is 9.34. The predicted molar refractivity (Wildman–Crippen MR) is 20.3 cm³/mol. The van der Waals surface area contributed by atoms with Gasteiger partial charge in [-0.1, -0.05) is 0 Å². The fourth-order valence-corrected chi connectivity index (χ4v) is 0. The van der Waals surface area contributed by atoms with Gasteiger partial charge in [-0.3, -0.25) is 0 Å². The molecule has 0 saturated carbocycles. The van der Waals surface area contributed by atoms with Crippen molar-refractivity contribution >= 4 is 5.97 Å². The number of rotatable bonds is 1. The number of aliphatic hydroxyl groups excluding tert-OH is 1. The first kappa shape index (κ1) is 15.8. The van der Waals surface area contributed by atoms with Gasteiger partial charge in [0, 0.05) is 0 Å². The molecule has 0 aliphatic heterocycles. The van der Waals surface area contributed by atoms with E-state index in [1.807, 2.05) is 0 Å². The SMILES string of the molecule is C[C@@H](O)C(=O)[O-].O.[Na+]. The third-order valence-corrected chi connectivity index (χ3v) is 0.341. The standard InChI is InChI=1S/C3H6O3.Na.H2O/c1-2(4)3(5)6;;/h2,4H,1H3,(H,5,6);;1H2/q;+1;/p-1/t2-;;/m1../s1. The Labute approximate surface area is 69.1 Å². The normalized spacial score (nSPS) is 10.2. The van der Waals surface area contributed by atoms with Crippen molar-refractivity contribution in [3.8, 4) is 0 Å². The van der Waals surface area contributed by atoms with Crippen molar-refractivity contribution < 1.29 is 50.0 Å². The van der Waals surface area contributed by atoms with E-state index in [9.17, 15) is 9.90 Å². The number of carboxylic acids is 1. The largest absolute Gasteiger partial charge is 1.00 e. The zero-order chi connectivity index (χ0) is 5.15. The summed E-state index contributed by atoms with van der Waals surface area (Å²) in [6, 6.07) is 0. The second-order valence-electron chi connectivity index (χ2n) is 0.995. The third-order valence-electron chi connectivity index (χ3n) is 0.341. The Hall–Kier alpha value is 0.390. The Kier molecular flexibility index (Phi) is 14.6. The van der Waals surface area contributed by atoms with Gasteiger partial charge in [0.1, 0.15) is 0 Å². The molecule has 8 heavy (non-hydrogen) atoms. The van der Waals surface area contributed by atoms with Crippen LogP contribution in [0.3, 0.4) is 0 Å². The van der Waals surface area contributed by atoms with Crippen LogP contribution in [-0.2, 0) is 4.79 Å². The number of carbonyl (C=O) groups excluding carboxylic acids is 1. The fraction of sp³-hybridized carbons (Fsp3) is 0.667. The van der Waals surface area contributed by atoms with Crippen LogP contribution in [0.5, 0.6) is 0 Å². The molecule has 0 radical (unpaired) electrons. The molecule has 0 rings (SSSR count). The molecule has 0 spiro atoms. The Morgan fingerprint density at radius 2 is 1.88 bits per heavy atom. The van der Waals surface area contributed by atoms with Crippen LogP contribution in [0.4, 0.5) is 0 Å². The van der Waals surface area contributed by atoms with Crippen LogP contribution in [0, 0.1) is 0 Å². The van der Waals surface area contributed by atoms with Crippen molar-refractivity contribution in [3.63, 3.8) is 0 Å². The molecule has 0 saturated heterocycles. The molecule has 0 amide bonds. The van der Waals surface area contributed by atoms with E-state index in [1.54, 1.807) is 0 Å². The van der Waals surface area contributed by atoms with Crippen LogP contribution in [0.25, 0.3) is 0 Å². The van der Waals surface area contributed by atoms with Crippen molar-refractivity contribution in [2.75, 3.05) is 0 Å². The first-order chi connectivity index (χ1) is 2.64. The van der Waals surface area contributed by atoms with E-state index in [0.717, 1.165) is 6.92 Å². The summed E-state index contributed by atoms with van der Waals surface area (Å²) < 4.78 is 0. The number of hydrogen-bond acceptors (Lipinski definition) is 3. The minimum Gasteiger partial charge on any atom is -0.547 e. The van der Waals surface area contributed by atoms with Crippen molar-refractivity contribution in [1.82, 2.24) is 0 Å². The number of aliphatic carboxylic acids is 1. The Balaban J connectivity index is -0.000000125. The van der Waals surface area contributed by atoms with Crippen molar-refractivity contribution in [1.29, 1.82) is 0 Å². The van der Waals surface area contributed by atoms with Gasteiger partial charge in [-0.05, 0) is 6.92 Å². The molecule has 0 bridgehead atoms. The van der Waals surface area contributed by atoms with Crippen molar-refractivity contribution in [2.24, 2.45) is 0 Å². The van der Waals surface area contributed by atoms with Gasteiger partial charge < -0.3 is 20.5 Å². The minimum atomic E-state index is -1.44. The second-order valence-corrected chi connectivity index (χ2v) is 0.995. The number of aliphatic hydroxyl groups is 1. The van der Waals surface area contributed by atoms with Crippen LogP contribution in [0.1, 0.15) is 6.92 Å². The predicted octanol–water partition coefficient (Wildman–Crippen LogP) is -5.70. The minimum absolute atomic E-state index is 0. The zero-order valence-corrected chi connectivity index (χ0v) is 6.84. The molecule has 5 heteroatoms. The maximum atomic E-state index is 9.34. The third kappa shape index (κ3) is 9.63. The fourth-order valence-electron chi connectivity index (χ4n) is 0. The summed E-state index contributed by atoms with van der Waals surface area (Å²) in [6.07, 6.45) is -1.34. The maximum absolute atomic E-state index is 9.34. The summed E-state index contributed by atoms with van der Waals surface area (Å²) in [5, 5.41) is 17.3. The van der Waals surface area contributed by atoms with Crippen molar-refractivity contribution in [2.45, 2.75) is 13.0 Å². The molecule has 3 N–H and O–H groups in total. The van der Waals surface area contributed by atoms with Crippen LogP contribution in [0.15, 0.2) is 0 Å². The first-order valence-corrected chi connectivity index (χ1v) is 1.53. The van der Waals surface area contributed by atoms with Crippen LogP contribution in [0.2, 0.25) is 0 Å². The summed E-state index contributed by atoms with van der Waals surface area (Å²) >= 11 is 0. The van der Waals surface area contributed by atoms with Gasteiger partial charge >= 0.3 is 29.6 Å². The van der Waals surface area contributed by atoms with E-state index < -0.39 is 12.1 Å². The van der Waals surface area contributed by atoms with Gasteiger partial charge in [-0.2, -0.15) is 0 Å². The Morgan fingerprint density at radius 1 is 1.75 bits per heavy atom. The monoisotopic (exact) mass is 130 g/mol. The molecule has 0 aromatic rings. The van der Waals surface area contributed by atoms with Crippen molar-refractivity contribution in [3.05, 3.63) is 0 Å². The summed E-state index contributed by atoms with van der Waals surface area (Å²) in [5.41, 5.74) is 0. The second kappa shape index (κ2) is 7.39. The van der Waals surface area contributed by atoms with Gasteiger partial charge in [0.05, 0.1) is 12.1 Å². The molecule has 0 fully saturated rings.